The van der Waals surface area contributed by atoms with Crippen LogP contribution >= 0.6 is 0 Å². The second-order valence-electron chi connectivity index (χ2n) is 8.92. The second-order valence-corrected chi connectivity index (χ2v) is 8.92. The Labute approximate surface area is 213 Å². The highest BCUT2D eigenvalue weighted by atomic mass is 16.2. The molecule has 1 atom stereocenters. The fraction of sp³-hybridized carbons (Fsp3) is 0.259. The number of aryl methyl sites for hydroxylation is 1. The number of carbonyl (C=O) groups excluding carboxylic acids is 2. The number of likely N-dealkylation sites (tertiary alicyclic amines) is 1. The number of benzene rings is 1. The predicted octanol–water partition coefficient (Wildman–Crippen LogP) is 3.22. The van der Waals surface area contributed by atoms with Crippen LogP contribution in [0.5, 0.6) is 0 Å². The highest BCUT2D eigenvalue weighted by Crippen LogP contribution is 2.33. The first kappa shape index (κ1) is 23.9. The van der Waals surface area contributed by atoms with E-state index in [4.69, 9.17) is 10.8 Å². The highest BCUT2D eigenvalue weighted by Gasteiger charge is 2.28. The molecule has 10 heteroatoms. The summed E-state index contributed by atoms with van der Waals surface area (Å²) >= 11 is 0. The summed E-state index contributed by atoms with van der Waals surface area (Å²) in [6, 6.07) is 10.7. The Balaban J connectivity index is 1.45. The molecule has 3 N–H and O–H groups in total. The molecule has 4 aromatic rings. The van der Waals surface area contributed by atoms with E-state index >= 15 is 0 Å². The molecule has 37 heavy (non-hydrogen) atoms. The maximum absolute atomic E-state index is 12.7. The third-order valence-corrected chi connectivity index (χ3v) is 6.36. The van der Waals surface area contributed by atoms with Gasteiger partial charge in [-0.05, 0) is 62.4 Å². The van der Waals surface area contributed by atoms with Crippen molar-refractivity contribution < 1.29 is 9.59 Å². The number of fused-ring (bicyclic) bond motifs is 1. The van der Waals surface area contributed by atoms with E-state index in [1.807, 2.05) is 35.9 Å². The Morgan fingerprint density at radius 1 is 1.14 bits per heavy atom. The van der Waals surface area contributed by atoms with E-state index < -0.39 is 0 Å². The zero-order valence-corrected chi connectivity index (χ0v) is 20.6. The van der Waals surface area contributed by atoms with Crippen molar-refractivity contribution in [2.75, 3.05) is 24.1 Å². The Hall–Kier alpha value is -4.78. The smallest absolute Gasteiger partial charge is 0.298 e. The van der Waals surface area contributed by atoms with Gasteiger partial charge in [-0.2, -0.15) is 5.10 Å². The highest BCUT2D eigenvalue weighted by molar-refractivity contribution is 6.04. The third-order valence-electron chi connectivity index (χ3n) is 6.36. The summed E-state index contributed by atoms with van der Waals surface area (Å²) in [6.07, 6.45) is 4.75. The molecule has 0 bridgehead atoms. The van der Waals surface area contributed by atoms with Crippen LogP contribution in [0.4, 0.5) is 11.6 Å². The summed E-state index contributed by atoms with van der Waals surface area (Å²) in [5, 5.41) is 8.34. The SMILES string of the molecule is CC#CC(=O)N1CCC[C@@H](n2nc(-c3ccc(C(=O)Nc4cc(C)ccn4)cc3)c3c(N)ncnc32)C1. The number of nitrogens with two attached hydrogens (primary N) is 1. The monoisotopic (exact) mass is 494 g/mol. The Morgan fingerprint density at radius 2 is 1.95 bits per heavy atom. The van der Waals surface area contributed by atoms with E-state index in [1.165, 1.54) is 6.33 Å². The molecule has 1 aromatic carbocycles. The van der Waals surface area contributed by atoms with Crippen LogP contribution in [0.1, 0.15) is 41.7 Å². The van der Waals surface area contributed by atoms with Crippen molar-refractivity contribution in [2.24, 2.45) is 0 Å². The van der Waals surface area contributed by atoms with E-state index in [0.717, 1.165) is 24.0 Å². The largest absolute Gasteiger partial charge is 0.383 e. The fourth-order valence-electron chi connectivity index (χ4n) is 4.55. The molecule has 10 nitrogen and oxygen atoms in total. The summed E-state index contributed by atoms with van der Waals surface area (Å²) < 4.78 is 1.84. The van der Waals surface area contributed by atoms with Crippen molar-refractivity contribution in [3.05, 3.63) is 60.0 Å². The number of hydrogen-bond acceptors (Lipinski definition) is 7. The number of nitrogen functional groups attached to an aromatic ring is 1. The lowest BCUT2D eigenvalue weighted by molar-refractivity contribution is -0.126. The topological polar surface area (TPSA) is 132 Å². The number of rotatable bonds is 4. The zero-order valence-electron chi connectivity index (χ0n) is 20.6. The van der Waals surface area contributed by atoms with Crippen molar-refractivity contribution in [1.82, 2.24) is 29.6 Å². The van der Waals surface area contributed by atoms with E-state index in [0.29, 0.717) is 47.0 Å². The standard InChI is InChI=1S/C27H26N8O2/c1-3-5-22(36)34-13-4-6-20(15-34)35-26-23(25(28)30-16-31-26)24(33-35)18-7-9-19(10-8-18)27(37)32-21-14-17(2)11-12-29-21/h7-12,14,16,20H,4,6,13,15H2,1-2H3,(H2,28,30,31)(H,29,32,37)/t20-/m1/s1. The van der Waals surface area contributed by atoms with Gasteiger partial charge in [0.1, 0.15) is 23.7 Å². The van der Waals surface area contributed by atoms with E-state index in [-0.39, 0.29) is 17.9 Å². The minimum atomic E-state index is -0.259. The van der Waals surface area contributed by atoms with E-state index in [1.54, 1.807) is 30.2 Å². The summed E-state index contributed by atoms with van der Waals surface area (Å²) in [5.41, 5.74) is 9.76. The molecule has 0 aliphatic carbocycles. The van der Waals surface area contributed by atoms with Crippen molar-refractivity contribution in [3.63, 3.8) is 0 Å². The van der Waals surface area contributed by atoms with Crippen LogP contribution in [0.25, 0.3) is 22.3 Å². The van der Waals surface area contributed by atoms with Crippen LogP contribution in [0.15, 0.2) is 48.9 Å². The molecule has 3 aromatic heterocycles. The van der Waals surface area contributed by atoms with Crippen LogP contribution in [-0.4, -0.2) is 54.5 Å². The number of hydrogen-bond donors (Lipinski definition) is 2. The lowest BCUT2D eigenvalue weighted by Crippen LogP contribution is -2.40. The minimum absolute atomic E-state index is 0.0752. The van der Waals surface area contributed by atoms with Gasteiger partial charge in [0.05, 0.1) is 11.4 Å². The van der Waals surface area contributed by atoms with Crippen molar-refractivity contribution in [3.8, 4) is 23.1 Å². The van der Waals surface area contributed by atoms with E-state index in [9.17, 15) is 9.59 Å². The average Bonchev–Trinajstić information content (AvgIpc) is 3.30. The second kappa shape index (κ2) is 10.1. The van der Waals surface area contributed by atoms with Gasteiger partial charge in [-0.3, -0.25) is 9.59 Å². The Bertz CT molecular complexity index is 1550. The molecular weight excluding hydrogens is 468 g/mol. The van der Waals surface area contributed by atoms with Gasteiger partial charge in [0, 0.05) is 30.4 Å². The molecule has 5 rings (SSSR count). The number of piperidine rings is 1. The molecule has 0 radical (unpaired) electrons. The van der Waals surface area contributed by atoms with Crippen LogP contribution in [0, 0.1) is 18.8 Å². The molecule has 0 spiro atoms. The predicted molar refractivity (Wildman–Crippen MR) is 140 cm³/mol. The number of anilines is 2. The quantitative estimate of drug-likeness (QED) is 0.416. The summed E-state index contributed by atoms with van der Waals surface area (Å²) in [7, 11) is 0. The molecule has 1 aliphatic rings. The van der Waals surface area contributed by atoms with Gasteiger partial charge in [0.15, 0.2) is 5.65 Å². The first-order valence-electron chi connectivity index (χ1n) is 12.0. The van der Waals surface area contributed by atoms with Gasteiger partial charge in [-0.1, -0.05) is 18.1 Å². The first-order valence-corrected chi connectivity index (χ1v) is 12.0. The lowest BCUT2D eigenvalue weighted by atomic mass is 10.1. The van der Waals surface area contributed by atoms with Gasteiger partial charge in [-0.25, -0.2) is 19.6 Å². The maximum atomic E-state index is 12.7. The molecule has 1 fully saturated rings. The van der Waals surface area contributed by atoms with Gasteiger partial charge < -0.3 is 16.0 Å². The molecule has 1 saturated heterocycles. The van der Waals surface area contributed by atoms with Gasteiger partial charge >= 0.3 is 0 Å². The number of amides is 2. The van der Waals surface area contributed by atoms with Crippen LogP contribution in [0.3, 0.4) is 0 Å². The molecule has 186 valence electrons. The zero-order chi connectivity index (χ0) is 25.9. The Kier molecular flexibility index (Phi) is 6.51. The molecule has 1 aliphatic heterocycles. The number of pyridine rings is 1. The Morgan fingerprint density at radius 3 is 2.70 bits per heavy atom. The summed E-state index contributed by atoms with van der Waals surface area (Å²) in [4.78, 5) is 39.7. The van der Waals surface area contributed by atoms with Crippen LogP contribution < -0.4 is 11.1 Å². The lowest BCUT2D eigenvalue weighted by Gasteiger charge is -2.31. The van der Waals surface area contributed by atoms with E-state index in [2.05, 4.69) is 32.1 Å². The van der Waals surface area contributed by atoms with Crippen molar-refractivity contribution in [1.29, 1.82) is 0 Å². The number of aromatic nitrogens is 5. The van der Waals surface area contributed by atoms with Crippen molar-refractivity contribution >= 4 is 34.5 Å². The normalized spacial score (nSPS) is 15.2. The van der Waals surface area contributed by atoms with Gasteiger partial charge in [0.25, 0.3) is 11.8 Å². The fourth-order valence-corrected chi connectivity index (χ4v) is 4.55. The molecule has 2 amide bonds. The van der Waals surface area contributed by atoms with Crippen molar-refractivity contribution in [2.45, 2.75) is 32.7 Å². The van der Waals surface area contributed by atoms with Crippen LogP contribution in [0.2, 0.25) is 0 Å². The summed E-state index contributed by atoms with van der Waals surface area (Å²) in [6.45, 7) is 4.74. The third kappa shape index (κ3) is 4.84. The molecule has 0 saturated carbocycles. The molecule has 4 heterocycles. The summed E-state index contributed by atoms with van der Waals surface area (Å²) in [5.74, 6) is 5.67. The number of nitrogens with zero attached hydrogens (tertiary/aromatic N) is 6. The minimum Gasteiger partial charge on any atom is -0.383 e. The van der Waals surface area contributed by atoms with Gasteiger partial charge in [-0.15, -0.1) is 0 Å². The van der Waals surface area contributed by atoms with Gasteiger partial charge in [0.2, 0.25) is 0 Å². The molecule has 0 unspecified atom stereocenters. The maximum Gasteiger partial charge on any atom is 0.298 e. The first-order chi connectivity index (χ1) is 17.9. The van der Waals surface area contributed by atoms with Crippen LogP contribution in [-0.2, 0) is 4.79 Å². The number of carbonyl (C=O) groups is 2. The number of nitrogens with one attached hydrogen (secondary N) is 1. The average molecular weight is 495 g/mol. The molecular formula is C27H26N8O2.